The van der Waals surface area contributed by atoms with Crippen molar-refractivity contribution in [3.8, 4) is 5.75 Å². The molecule has 182 valence electrons. The number of ether oxygens (including phenoxy) is 1. The van der Waals surface area contributed by atoms with Crippen LogP contribution in [0.4, 0.5) is 0 Å². The molecule has 0 heterocycles. The lowest BCUT2D eigenvalue weighted by Crippen LogP contribution is -2.48. The van der Waals surface area contributed by atoms with Crippen LogP contribution in [0.1, 0.15) is 55.7 Å². The first kappa shape index (κ1) is 27.2. The number of halogens is 1. The van der Waals surface area contributed by atoms with Crippen LogP contribution in [0, 0.1) is 5.92 Å². The van der Waals surface area contributed by atoms with Crippen LogP contribution in [0.15, 0.2) is 48.5 Å². The molecule has 0 bridgehead atoms. The fraction of sp³-hybridized carbons (Fsp3) is 0.519. The van der Waals surface area contributed by atoms with Crippen LogP contribution in [0.25, 0.3) is 0 Å². The molecule has 1 fully saturated rings. The fourth-order valence-corrected chi connectivity index (χ4v) is 4.70. The summed E-state index contributed by atoms with van der Waals surface area (Å²) >= 11 is 0. The Kier molecular flexibility index (Phi) is 11.7. The predicted octanol–water partition coefficient (Wildman–Crippen LogP) is 4.44. The molecule has 0 unspecified atom stereocenters. The van der Waals surface area contributed by atoms with E-state index < -0.39 is 6.10 Å². The minimum Gasteiger partial charge on any atom is -0.497 e. The number of carbonyl (C=O) groups excluding carboxylic acids is 1. The lowest BCUT2D eigenvalue weighted by atomic mass is 9.84. The molecule has 0 radical (unpaired) electrons. The van der Waals surface area contributed by atoms with E-state index in [-0.39, 0.29) is 24.4 Å². The van der Waals surface area contributed by atoms with Gasteiger partial charge in [0.1, 0.15) is 5.75 Å². The van der Waals surface area contributed by atoms with Gasteiger partial charge >= 0.3 is 0 Å². The van der Waals surface area contributed by atoms with Gasteiger partial charge in [-0.25, -0.2) is 0 Å². The second kappa shape index (κ2) is 14.2. The highest BCUT2D eigenvalue weighted by molar-refractivity contribution is 5.85. The summed E-state index contributed by atoms with van der Waals surface area (Å²) in [7, 11) is 1.65. The van der Waals surface area contributed by atoms with Gasteiger partial charge < -0.3 is 20.5 Å². The maximum absolute atomic E-state index is 11.8. The monoisotopic (exact) mass is 474 g/mol. The molecule has 33 heavy (non-hydrogen) atoms. The van der Waals surface area contributed by atoms with Gasteiger partial charge in [-0.15, -0.1) is 12.4 Å². The van der Waals surface area contributed by atoms with Gasteiger partial charge in [-0.2, -0.15) is 0 Å². The third kappa shape index (κ3) is 9.36. The minimum atomic E-state index is -0.688. The summed E-state index contributed by atoms with van der Waals surface area (Å²) in [5.41, 5.74) is 3.61. The van der Waals surface area contributed by atoms with Crippen molar-refractivity contribution < 1.29 is 14.6 Å². The van der Waals surface area contributed by atoms with E-state index in [1.54, 1.807) is 7.11 Å². The molecule has 0 spiro atoms. The Balaban J connectivity index is 0.00000385. The van der Waals surface area contributed by atoms with Crippen molar-refractivity contribution in [1.82, 2.24) is 10.6 Å². The van der Waals surface area contributed by atoms with Crippen molar-refractivity contribution in [2.45, 2.75) is 70.6 Å². The minimum absolute atomic E-state index is 0. The Hall–Kier alpha value is -2.08. The first-order valence-corrected chi connectivity index (χ1v) is 11.9. The zero-order chi connectivity index (χ0) is 22.8. The Morgan fingerprint density at radius 3 is 2.48 bits per heavy atom. The van der Waals surface area contributed by atoms with Crippen molar-refractivity contribution in [3.63, 3.8) is 0 Å². The third-order valence-electron chi connectivity index (χ3n) is 6.37. The fourth-order valence-electron chi connectivity index (χ4n) is 4.70. The Labute approximate surface area is 204 Å². The number of aliphatic hydroxyl groups excluding tert-OH is 1. The number of hydrogen-bond acceptors (Lipinski definition) is 4. The standard InChI is InChI=1S/C27H38N2O3.ClH/c1-20(30)29-26(27(31)19-28-18-24-12-7-13-25(16-24)32-2)17-23-11-6-10-22(15-23)14-21-8-4-3-5-9-21;/h6-7,10-13,15-16,21,26-28,31H,3-5,8-9,14,17-19H2,1-2H3,(H,29,30);1H/t26-,27+;/m0./s1. The highest BCUT2D eigenvalue weighted by Gasteiger charge is 2.21. The Morgan fingerprint density at radius 2 is 1.76 bits per heavy atom. The van der Waals surface area contributed by atoms with Gasteiger partial charge in [-0.05, 0) is 47.6 Å². The van der Waals surface area contributed by atoms with Crippen molar-refractivity contribution in [1.29, 1.82) is 0 Å². The second-order valence-corrected chi connectivity index (χ2v) is 9.09. The number of hydrogen-bond donors (Lipinski definition) is 3. The quantitative estimate of drug-likeness (QED) is 0.450. The normalized spacial score (nSPS) is 15.8. The van der Waals surface area contributed by atoms with E-state index >= 15 is 0 Å². The molecule has 0 aliphatic heterocycles. The molecule has 1 amide bonds. The van der Waals surface area contributed by atoms with Gasteiger partial charge in [0.15, 0.2) is 0 Å². The number of amides is 1. The number of rotatable bonds is 11. The van der Waals surface area contributed by atoms with Crippen molar-refractivity contribution in [2.24, 2.45) is 5.92 Å². The van der Waals surface area contributed by atoms with Gasteiger partial charge in [-0.3, -0.25) is 4.79 Å². The first-order valence-electron chi connectivity index (χ1n) is 11.9. The van der Waals surface area contributed by atoms with E-state index in [1.165, 1.54) is 44.6 Å². The molecule has 1 saturated carbocycles. The van der Waals surface area contributed by atoms with Gasteiger partial charge in [0.2, 0.25) is 5.91 Å². The topological polar surface area (TPSA) is 70.6 Å². The van der Waals surface area contributed by atoms with E-state index in [0.29, 0.717) is 19.5 Å². The average Bonchev–Trinajstić information content (AvgIpc) is 2.79. The summed E-state index contributed by atoms with van der Waals surface area (Å²) in [4.78, 5) is 11.8. The number of nitrogens with one attached hydrogen (secondary N) is 2. The summed E-state index contributed by atoms with van der Waals surface area (Å²) in [5, 5.41) is 17.1. The van der Waals surface area contributed by atoms with Gasteiger partial charge in [0.25, 0.3) is 0 Å². The molecule has 3 N–H and O–H groups in total. The molecule has 0 saturated heterocycles. The highest BCUT2D eigenvalue weighted by atomic mass is 35.5. The molecule has 6 heteroatoms. The summed E-state index contributed by atoms with van der Waals surface area (Å²) in [6.45, 7) is 2.52. The van der Waals surface area contributed by atoms with Gasteiger partial charge in [0, 0.05) is 20.0 Å². The zero-order valence-electron chi connectivity index (χ0n) is 19.9. The maximum atomic E-state index is 11.8. The summed E-state index contributed by atoms with van der Waals surface area (Å²) < 4.78 is 5.26. The molecular weight excluding hydrogens is 436 g/mol. The zero-order valence-corrected chi connectivity index (χ0v) is 20.7. The van der Waals surface area contributed by atoms with Gasteiger partial charge in [0.05, 0.1) is 19.3 Å². The number of aliphatic hydroxyl groups is 1. The van der Waals surface area contributed by atoms with E-state index in [1.807, 2.05) is 24.3 Å². The molecule has 0 aromatic heterocycles. The van der Waals surface area contributed by atoms with Crippen LogP contribution in [0.3, 0.4) is 0 Å². The van der Waals surface area contributed by atoms with Crippen LogP contribution in [-0.2, 0) is 24.2 Å². The smallest absolute Gasteiger partial charge is 0.217 e. The van der Waals surface area contributed by atoms with Crippen molar-refractivity contribution in [2.75, 3.05) is 13.7 Å². The third-order valence-corrected chi connectivity index (χ3v) is 6.37. The maximum Gasteiger partial charge on any atom is 0.217 e. The van der Waals surface area contributed by atoms with Crippen molar-refractivity contribution >= 4 is 18.3 Å². The molecule has 2 aromatic carbocycles. The lowest BCUT2D eigenvalue weighted by molar-refractivity contribution is -0.120. The second-order valence-electron chi connectivity index (χ2n) is 9.09. The van der Waals surface area contributed by atoms with Crippen LogP contribution in [-0.4, -0.2) is 36.8 Å². The van der Waals surface area contributed by atoms with Crippen LogP contribution >= 0.6 is 12.4 Å². The molecule has 5 nitrogen and oxygen atoms in total. The van der Waals surface area contributed by atoms with E-state index in [0.717, 1.165) is 29.2 Å². The van der Waals surface area contributed by atoms with Crippen LogP contribution in [0.2, 0.25) is 0 Å². The highest BCUT2D eigenvalue weighted by Crippen LogP contribution is 2.27. The van der Waals surface area contributed by atoms with Crippen LogP contribution in [0.5, 0.6) is 5.75 Å². The number of carbonyl (C=O) groups is 1. The molecule has 2 atom stereocenters. The van der Waals surface area contributed by atoms with Gasteiger partial charge in [-0.1, -0.05) is 68.5 Å². The van der Waals surface area contributed by atoms with E-state index in [4.69, 9.17) is 4.74 Å². The predicted molar refractivity (Wildman–Crippen MR) is 136 cm³/mol. The summed E-state index contributed by atoms with van der Waals surface area (Å²) in [6.07, 6.45) is 7.79. The summed E-state index contributed by atoms with van der Waals surface area (Å²) in [5.74, 6) is 1.48. The first-order chi connectivity index (χ1) is 15.5. The molecule has 1 aliphatic carbocycles. The average molecular weight is 475 g/mol. The van der Waals surface area contributed by atoms with E-state index in [9.17, 15) is 9.90 Å². The number of benzene rings is 2. The Bertz CT molecular complexity index is 855. The largest absolute Gasteiger partial charge is 0.497 e. The Morgan fingerprint density at radius 1 is 1.06 bits per heavy atom. The summed E-state index contributed by atoms with van der Waals surface area (Å²) in [6, 6.07) is 16.2. The molecule has 1 aliphatic rings. The van der Waals surface area contributed by atoms with Crippen LogP contribution < -0.4 is 15.4 Å². The number of methoxy groups -OCH3 is 1. The SMILES string of the molecule is COc1cccc(CNC[C@@H](O)[C@H](Cc2cccc(CC3CCCCC3)c2)NC(C)=O)c1.Cl. The van der Waals surface area contributed by atoms with Crippen molar-refractivity contribution in [3.05, 3.63) is 65.2 Å². The molecule has 2 aromatic rings. The lowest BCUT2D eigenvalue weighted by Gasteiger charge is -2.25. The van der Waals surface area contributed by atoms with E-state index in [2.05, 4.69) is 34.9 Å². The molecule has 3 rings (SSSR count). The molecular formula is C27H39ClN2O3.